The van der Waals surface area contributed by atoms with Crippen molar-refractivity contribution in [2.45, 2.75) is 51.9 Å². The number of aromatic nitrogens is 4. The number of nitrogens with zero attached hydrogens (tertiary/aromatic N) is 5. The monoisotopic (exact) mass is 421 g/mol. The van der Waals surface area contributed by atoms with Crippen molar-refractivity contribution < 1.29 is 14.7 Å². The van der Waals surface area contributed by atoms with Crippen LogP contribution in [0.1, 0.15) is 38.9 Å². The van der Waals surface area contributed by atoms with Gasteiger partial charge in [-0.2, -0.15) is 0 Å². The lowest BCUT2D eigenvalue weighted by Crippen LogP contribution is -2.49. The summed E-state index contributed by atoms with van der Waals surface area (Å²) in [6.07, 6.45) is 2.94. The van der Waals surface area contributed by atoms with Crippen LogP contribution in [0.3, 0.4) is 0 Å². The van der Waals surface area contributed by atoms with Crippen molar-refractivity contribution >= 4 is 28.3 Å². The zero-order valence-corrected chi connectivity index (χ0v) is 17.8. The topological polar surface area (TPSA) is 125 Å². The van der Waals surface area contributed by atoms with Gasteiger partial charge >= 0.3 is 0 Å². The van der Waals surface area contributed by atoms with Gasteiger partial charge in [-0.05, 0) is 5.41 Å². The molecular formula is C18H27N7O3S. The number of β-amino-alcohol motifs (C(OH)–C–C–N with tert-alkyl or cyclic N) is 1. The van der Waals surface area contributed by atoms with Crippen LogP contribution in [0.15, 0.2) is 17.8 Å². The first-order chi connectivity index (χ1) is 13.7. The van der Waals surface area contributed by atoms with Gasteiger partial charge in [0.2, 0.25) is 11.8 Å². The standard InChI is InChI=1S/C18H27N7O3S/c1-18(2,3)14(16(28)24-10-12(26)7-13(24)15(27)19-4)25-9-11(22-23-25)8-21-17-20-5-6-29-17/h5-6,9,12-14,26H,7-8,10H2,1-4H3,(H,19,27)(H,20,21)/t12-,13+,14-/m1/s1. The van der Waals surface area contributed by atoms with Gasteiger partial charge in [0, 0.05) is 31.6 Å². The van der Waals surface area contributed by atoms with Crippen LogP contribution >= 0.6 is 11.3 Å². The highest BCUT2D eigenvalue weighted by Gasteiger charge is 2.44. The van der Waals surface area contributed by atoms with Gasteiger partial charge in [0.05, 0.1) is 18.8 Å². The van der Waals surface area contributed by atoms with Crippen molar-refractivity contribution in [1.82, 2.24) is 30.2 Å². The van der Waals surface area contributed by atoms with E-state index in [9.17, 15) is 14.7 Å². The number of anilines is 1. The quantitative estimate of drug-likeness (QED) is 0.625. The minimum atomic E-state index is -0.726. The Morgan fingerprint density at radius 2 is 2.17 bits per heavy atom. The molecule has 3 N–H and O–H groups in total. The van der Waals surface area contributed by atoms with E-state index in [0.29, 0.717) is 12.2 Å². The second-order valence-corrected chi connectivity index (χ2v) is 9.05. The number of amides is 2. The van der Waals surface area contributed by atoms with E-state index in [-0.39, 0.29) is 24.8 Å². The van der Waals surface area contributed by atoms with Crippen molar-refractivity contribution in [2.75, 3.05) is 18.9 Å². The number of aliphatic hydroxyl groups excluding tert-OH is 1. The molecule has 29 heavy (non-hydrogen) atoms. The fourth-order valence-corrected chi connectivity index (χ4v) is 4.04. The maximum absolute atomic E-state index is 13.4. The molecule has 11 heteroatoms. The maximum atomic E-state index is 13.4. The highest BCUT2D eigenvalue weighted by molar-refractivity contribution is 7.13. The molecule has 10 nitrogen and oxygen atoms in total. The van der Waals surface area contributed by atoms with Gasteiger partial charge in [-0.3, -0.25) is 9.59 Å². The summed E-state index contributed by atoms with van der Waals surface area (Å²) in [5.74, 6) is -0.540. The highest BCUT2D eigenvalue weighted by atomic mass is 32.1. The molecule has 2 aromatic rings. The van der Waals surface area contributed by atoms with E-state index in [1.807, 2.05) is 26.2 Å². The highest BCUT2D eigenvalue weighted by Crippen LogP contribution is 2.34. The first kappa shape index (κ1) is 21.2. The summed E-state index contributed by atoms with van der Waals surface area (Å²) < 4.78 is 1.55. The van der Waals surface area contributed by atoms with Crippen LogP contribution in [0.5, 0.6) is 0 Å². The summed E-state index contributed by atoms with van der Waals surface area (Å²) in [7, 11) is 1.52. The zero-order valence-electron chi connectivity index (χ0n) is 17.0. The van der Waals surface area contributed by atoms with Crippen LogP contribution in [0.2, 0.25) is 0 Å². The molecule has 0 radical (unpaired) electrons. The first-order valence-corrected chi connectivity index (χ1v) is 10.3. The molecule has 0 unspecified atom stereocenters. The summed E-state index contributed by atoms with van der Waals surface area (Å²) in [6, 6.07) is -1.36. The lowest BCUT2D eigenvalue weighted by molar-refractivity contribution is -0.144. The number of likely N-dealkylation sites (N-methyl/N-ethyl adjacent to an activating group) is 1. The Morgan fingerprint density at radius 1 is 1.41 bits per heavy atom. The van der Waals surface area contributed by atoms with Crippen LogP contribution in [0.25, 0.3) is 0 Å². The number of likely N-dealkylation sites (tertiary alicyclic amines) is 1. The summed E-state index contributed by atoms with van der Waals surface area (Å²) in [6.45, 7) is 6.36. The van der Waals surface area contributed by atoms with E-state index in [1.165, 1.54) is 23.3 Å². The zero-order chi connectivity index (χ0) is 21.2. The van der Waals surface area contributed by atoms with Crippen molar-refractivity contribution in [3.05, 3.63) is 23.5 Å². The molecule has 1 saturated heterocycles. The predicted molar refractivity (Wildman–Crippen MR) is 108 cm³/mol. The molecule has 2 aromatic heterocycles. The lowest BCUT2D eigenvalue weighted by Gasteiger charge is -2.34. The largest absolute Gasteiger partial charge is 0.391 e. The molecule has 3 atom stereocenters. The minimum Gasteiger partial charge on any atom is -0.391 e. The third-order valence-corrected chi connectivity index (χ3v) is 5.57. The number of carbonyl (C=O) groups is 2. The minimum absolute atomic E-state index is 0.122. The van der Waals surface area contributed by atoms with Crippen molar-refractivity contribution in [3.8, 4) is 0 Å². The van der Waals surface area contributed by atoms with E-state index in [1.54, 1.807) is 17.1 Å². The fraction of sp³-hybridized carbons (Fsp3) is 0.611. The number of aliphatic hydroxyl groups is 1. The lowest BCUT2D eigenvalue weighted by atomic mass is 9.85. The van der Waals surface area contributed by atoms with E-state index in [2.05, 4.69) is 25.9 Å². The molecule has 0 bridgehead atoms. The Hall–Kier alpha value is -2.53. The van der Waals surface area contributed by atoms with E-state index >= 15 is 0 Å². The Morgan fingerprint density at radius 3 is 2.79 bits per heavy atom. The van der Waals surface area contributed by atoms with Gasteiger partial charge in [0.1, 0.15) is 17.8 Å². The molecule has 0 spiro atoms. The summed E-state index contributed by atoms with van der Waals surface area (Å²) in [5, 5.41) is 26.8. The Kier molecular flexibility index (Phi) is 6.18. The van der Waals surface area contributed by atoms with Gasteiger partial charge in [0.15, 0.2) is 5.13 Å². The molecule has 3 rings (SSSR count). The molecule has 1 aliphatic heterocycles. The SMILES string of the molecule is CNC(=O)[C@@H]1C[C@@H](O)CN1C(=O)[C@@H](n1cc(CNc2nccs2)nn1)C(C)(C)C. The van der Waals surface area contributed by atoms with E-state index in [4.69, 9.17) is 0 Å². The second kappa shape index (κ2) is 8.46. The number of hydrogen-bond donors (Lipinski definition) is 3. The smallest absolute Gasteiger partial charge is 0.248 e. The van der Waals surface area contributed by atoms with Crippen LogP contribution in [0.4, 0.5) is 5.13 Å². The summed E-state index contributed by atoms with van der Waals surface area (Å²) in [4.78, 5) is 31.3. The van der Waals surface area contributed by atoms with Crippen molar-refractivity contribution in [1.29, 1.82) is 0 Å². The molecule has 1 aliphatic rings. The average molecular weight is 422 g/mol. The molecular weight excluding hydrogens is 394 g/mol. The normalized spacial score (nSPS) is 20.5. The molecule has 3 heterocycles. The van der Waals surface area contributed by atoms with Crippen LogP contribution in [0, 0.1) is 5.41 Å². The predicted octanol–water partition coefficient (Wildman–Crippen LogP) is 0.642. The van der Waals surface area contributed by atoms with E-state index < -0.39 is 23.6 Å². The molecule has 1 fully saturated rings. The van der Waals surface area contributed by atoms with Gasteiger partial charge in [0.25, 0.3) is 0 Å². The third kappa shape index (κ3) is 4.73. The molecule has 0 aliphatic carbocycles. The Bertz CT molecular complexity index is 846. The second-order valence-electron chi connectivity index (χ2n) is 8.16. The van der Waals surface area contributed by atoms with Gasteiger partial charge in [-0.25, -0.2) is 9.67 Å². The van der Waals surface area contributed by atoms with Crippen molar-refractivity contribution in [3.63, 3.8) is 0 Å². The van der Waals surface area contributed by atoms with Gasteiger partial charge in [-0.15, -0.1) is 16.4 Å². The number of rotatable bonds is 6. The first-order valence-electron chi connectivity index (χ1n) is 9.45. The van der Waals surface area contributed by atoms with E-state index in [0.717, 1.165) is 5.13 Å². The number of carbonyl (C=O) groups excluding carboxylic acids is 2. The molecule has 158 valence electrons. The van der Waals surface area contributed by atoms with Gasteiger partial charge < -0.3 is 20.6 Å². The number of nitrogens with one attached hydrogen (secondary N) is 2. The van der Waals surface area contributed by atoms with Crippen LogP contribution in [-0.2, 0) is 16.1 Å². The van der Waals surface area contributed by atoms with Crippen LogP contribution < -0.4 is 10.6 Å². The van der Waals surface area contributed by atoms with Crippen LogP contribution in [-0.4, -0.2) is 67.5 Å². The summed E-state index contributed by atoms with van der Waals surface area (Å²) >= 11 is 1.49. The van der Waals surface area contributed by atoms with Crippen molar-refractivity contribution in [2.24, 2.45) is 5.41 Å². The number of thiazole rings is 1. The Balaban J connectivity index is 1.81. The average Bonchev–Trinajstić information content (AvgIpc) is 3.39. The fourth-order valence-electron chi connectivity index (χ4n) is 3.51. The molecule has 2 amide bonds. The van der Waals surface area contributed by atoms with Gasteiger partial charge in [-0.1, -0.05) is 26.0 Å². The number of hydrogen-bond acceptors (Lipinski definition) is 8. The molecule has 0 saturated carbocycles. The maximum Gasteiger partial charge on any atom is 0.248 e. The Labute approximate surface area is 173 Å². The summed E-state index contributed by atoms with van der Waals surface area (Å²) in [5.41, 5.74) is 0.192. The molecule has 0 aromatic carbocycles. The third-order valence-electron chi connectivity index (χ3n) is 4.84.